The van der Waals surface area contributed by atoms with Crippen LogP contribution in [0.2, 0.25) is 0 Å². The first kappa shape index (κ1) is 14.1. The molecule has 4 heteroatoms. The molecule has 104 valence electrons. The fourth-order valence-electron chi connectivity index (χ4n) is 2.02. The van der Waals surface area contributed by atoms with Crippen LogP contribution in [0.15, 0.2) is 47.3 Å². The van der Waals surface area contributed by atoms with Gasteiger partial charge in [0.05, 0.1) is 18.7 Å². The van der Waals surface area contributed by atoms with Crippen molar-refractivity contribution in [2.45, 2.75) is 20.4 Å². The second-order valence-electron chi connectivity index (χ2n) is 4.51. The topological polar surface area (TPSA) is 48.3 Å². The van der Waals surface area contributed by atoms with E-state index in [1.54, 1.807) is 35.8 Å². The number of carbonyl (C=O) groups is 1. The SMILES string of the molecule is CCOC(=O)c1cccc(Cn2c(C)cccc2=O)c1. The zero-order valence-corrected chi connectivity index (χ0v) is 11.6. The molecule has 0 amide bonds. The average molecular weight is 271 g/mol. The number of nitrogens with zero attached hydrogens (tertiary/aromatic N) is 1. The van der Waals surface area contributed by atoms with Crippen molar-refractivity contribution < 1.29 is 9.53 Å². The zero-order valence-electron chi connectivity index (χ0n) is 11.6. The van der Waals surface area contributed by atoms with Crippen LogP contribution < -0.4 is 5.56 Å². The minimum Gasteiger partial charge on any atom is -0.462 e. The van der Waals surface area contributed by atoms with Crippen LogP contribution in [-0.4, -0.2) is 17.1 Å². The van der Waals surface area contributed by atoms with E-state index in [2.05, 4.69) is 0 Å². The first-order valence-corrected chi connectivity index (χ1v) is 6.54. The Morgan fingerprint density at radius 1 is 1.20 bits per heavy atom. The molecular weight excluding hydrogens is 254 g/mol. The number of hydrogen-bond donors (Lipinski definition) is 0. The number of esters is 1. The van der Waals surface area contributed by atoms with Gasteiger partial charge in [-0.25, -0.2) is 4.79 Å². The Morgan fingerprint density at radius 3 is 2.65 bits per heavy atom. The van der Waals surface area contributed by atoms with Gasteiger partial charge in [0.1, 0.15) is 0 Å². The van der Waals surface area contributed by atoms with Crippen LogP contribution in [0, 0.1) is 6.92 Å². The van der Waals surface area contributed by atoms with E-state index in [9.17, 15) is 9.59 Å². The molecule has 0 aliphatic carbocycles. The van der Waals surface area contributed by atoms with Gasteiger partial charge in [-0.3, -0.25) is 4.79 Å². The summed E-state index contributed by atoms with van der Waals surface area (Å²) in [6.07, 6.45) is 0. The summed E-state index contributed by atoms with van der Waals surface area (Å²) in [7, 11) is 0. The number of aromatic nitrogens is 1. The lowest BCUT2D eigenvalue weighted by Gasteiger charge is -2.10. The van der Waals surface area contributed by atoms with E-state index in [0.717, 1.165) is 11.3 Å². The summed E-state index contributed by atoms with van der Waals surface area (Å²) in [5.74, 6) is -0.341. The molecule has 0 fully saturated rings. The Labute approximate surface area is 117 Å². The van der Waals surface area contributed by atoms with Crippen LogP contribution in [0.1, 0.15) is 28.5 Å². The molecule has 0 bridgehead atoms. The number of ether oxygens (including phenoxy) is 1. The highest BCUT2D eigenvalue weighted by atomic mass is 16.5. The van der Waals surface area contributed by atoms with Crippen LogP contribution in [-0.2, 0) is 11.3 Å². The van der Waals surface area contributed by atoms with Gasteiger partial charge in [0.15, 0.2) is 0 Å². The molecule has 0 saturated carbocycles. The average Bonchev–Trinajstić information content (AvgIpc) is 2.44. The molecule has 0 radical (unpaired) electrons. The first-order valence-electron chi connectivity index (χ1n) is 6.54. The molecule has 1 aromatic heterocycles. The van der Waals surface area contributed by atoms with E-state index in [1.807, 2.05) is 19.1 Å². The van der Waals surface area contributed by atoms with E-state index in [1.165, 1.54) is 6.07 Å². The molecule has 1 aromatic carbocycles. The second-order valence-corrected chi connectivity index (χ2v) is 4.51. The Kier molecular flexibility index (Phi) is 4.35. The first-order chi connectivity index (χ1) is 9.61. The van der Waals surface area contributed by atoms with E-state index in [4.69, 9.17) is 4.74 Å². The van der Waals surface area contributed by atoms with Gasteiger partial charge in [0, 0.05) is 11.8 Å². The van der Waals surface area contributed by atoms with Crippen molar-refractivity contribution in [3.05, 3.63) is 69.6 Å². The maximum absolute atomic E-state index is 11.8. The van der Waals surface area contributed by atoms with Gasteiger partial charge in [-0.15, -0.1) is 0 Å². The van der Waals surface area contributed by atoms with Crippen molar-refractivity contribution in [1.82, 2.24) is 4.57 Å². The fraction of sp³-hybridized carbons (Fsp3) is 0.250. The van der Waals surface area contributed by atoms with Crippen LogP contribution >= 0.6 is 0 Å². The second kappa shape index (κ2) is 6.19. The van der Waals surface area contributed by atoms with Crippen molar-refractivity contribution in [2.75, 3.05) is 6.61 Å². The minimum absolute atomic E-state index is 0.0495. The van der Waals surface area contributed by atoms with Crippen molar-refractivity contribution in [2.24, 2.45) is 0 Å². The van der Waals surface area contributed by atoms with Crippen LogP contribution in [0.25, 0.3) is 0 Å². The van der Waals surface area contributed by atoms with Gasteiger partial charge in [-0.1, -0.05) is 18.2 Å². The fourth-order valence-corrected chi connectivity index (χ4v) is 2.02. The molecule has 0 unspecified atom stereocenters. The van der Waals surface area contributed by atoms with Gasteiger partial charge in [0.25, 0.3) is 5.56 Å². The van der Waals surface area contributed by atoms with Crippen molar-refractivity contribution in [3.63, 3.8) is 0 Å². The molecule has 20 heavy (non-hydrogen) atoms. The normalized spacial score (nSPS) is 10.3. The molecule has 2 rings (SSSR count). The molecule has 0 aliphatic rings. The maximum Gasteiger partial charge on any atom is 0.338 e. The van der Waals surface area contributed by atoms with E-state index in [0.29, 0.717) is 18.7 Å². The summed E-state index contributed by atoms with van der Waals surface area (Å²) in [5.41, 5.74) is 2.24. The number of aryl methyl sites for hydroxylation is 1. The summed E-state index contributed by atoms with van der Waals surface area (Å²) in [6.45, 7) is 4.45. The van der Waals surface area contributed by atoms with Crippen LogP contribution in [0.5, 0.6) is 0 Å². The third-order valence-corrected chi connectivity index (χ3v) is 3.05. The van der Waals surface area contributed by atoms with Crippen molar-refractivity contribution >= 4 is 5.97 Å². The lowest BCUT2D eigenvalue weighted by Crippen LogP contribution is -2.21. The van der Waals surface area contributed by atoms with E-state index >= 15 is 0 Å². The summed E-state index contributed by atoms with van der Waals surface area (Å²) in [6, 6.07) is 12.3. The molecule has 4 nitrogen and oxygen atoms in total. The van der Waals surface area contributed by atoms with Gasteiger partial charge >= 0.3 is 5.97 Å². The summed E-state index contributed by atoms with van der Waals surface area (Å²) < 4.78 is 6.64. The van der Waals surface area contributed by atoms with Crippen molar-refractivity contribution in [1.29, 1.82) is 0 Å². The predicted octanol–water partition coefficient (Wildman–Crippen LogP) is 2.38. The number of pyridine rings is 1. The zero-order chi connectivity index (χ0) is 14.5. The molecule has 0 spiro atoms. The Balaban J connectivity index is 2.29. The number of carbonyl (C=O) groups excluding carboxylic acids is 1. The molecule has 0 aliphatic heterocycles. The number of rotatable bonds is 4. The van der Waals surface area contributed by atoms with Crippen LogP contribution in [0.4, 0.5) is 0 Å². The number of hydrogen-bond acceptors (Lipinski definition) is 3. The Hall–Kier alpha value is -2.36. The quantitative estimate of drug-likeness (QED) is 0.802. The highest BCUT2D eigenvalue weighted by Gasteiger charge is 2.07. The molecule has 0 atom stereocenters. The monoisotopic (exact) mass is 271 g/mol. The minimum atomic E-state index is -0.341. The lowest BCUT2D eigenvalue weighted by molar-refractivity contribution is 0.0526. The summed E-state index contributed by atoms with van der Waals surface area (Å²) in [4.78, 5) is 23.5. The van der Waals surface area contributed by atoms with Crippen molar-refractivity contribution in [3.8, 4) is 0 Å². The largest absolute Gasteiger partial charge is 0.462 e. The molecule has 1 heterocycles. The highest BCUT2D eigenvalue weighted by Crippen LogP contribution is 2.09. The van der Waals surface area contributed by atoms with Gasteiger partial charge in [-0.2, -0.15) is 0 Å². The predicted molar refractivity (Wildman–Crippen MR) is 76.9 cm³/mol. The summed E-state index contributed by atoms with van der Waals surface area (Å²) >= 11 is 0. The molecule has 0 saturated heterocycles. The third-order valence-electron chi connectivity index (χ3n) is 3.05. The van der Waals surface area contributed by atoms with E-state index in [-0.39, 0.29) is 11.5 Å². The van der Waals surface area contributed by atoms with Gasteiger partial charge in [0.2, 0.25) is 0 Å². The molecular formula is C16H17NO3. The summed E-state index contributed by atoms with van der Waals surface area (Å²) in [5, 5.41) is 0. The highest BCUT2D eigenvalue weighted by molar-refractivity contribution is 5.89. The standard InChI is InChI=1S/C16H17NO3/c1-3-20-16(19)14-8-5-7-13(10-14)11-17-12(2)6-4-9-15(17)18/h4-10H,3,11H2,1-2H3. The Morgan fingerprint density at radius 2 is 1.95 bits per heavy atom. The lowest BCUT2D eigenvalue weighted by atomic mass is 10.1. The Bertz CT molecular complexity index is 673. The molecule has 0 N–H and O–H groups in total. The maximum atomic E-state index is 11.8. The number of benzene rings is 1. The van der Waals surface area contributed by atoms with Crippen LogP contribution in [0.3, 0.4) is 0 Å². The molecule has 2 aromatic rings. The van der Waals surface area contributed by atoms with Gasteiger partial charge in [-0.05, 0) is 37.6 Å². The third kappa shape index (κ3) is 3.15. The smallest absolute Gasteiger partial charge is 0.338 e. The van der Waals surface area contributed by atoms with E-state index < -0.39 is 0 Å². The van der Waals surface area contributed by atoms with Gasteiger partial charge < -0.3 is 9.30 Å².